The summed E-state index contributed by atoms with van der Waals surface area (Å²) in [5.74, 6) is 0.501. The van der Waals surface area contributed by atoms with Crippen molar-refractivity contribution >= 4 is 34.1 Å². The summed E-state index contributed by atoms with van der Waals surface area (Å²) >= 11 is 11.8. The highest BCUT2D eigenvalue weighted by Crippen LogP contribution is 2.23. The zero-order chi connectivity index (χ0) is 10.1. The van der Waals surface area contributed by atoms with Crippen LogP contribution >= 0.6 is 23.2 Å². The Kier molecular flexibility index (Phi) is 2.62. The second-order valence-electron chi connectivity index (χ2n) is 3.22. The van der Waals surface area contributed by atoms with Crippen molar-refractivity contribution in [1.82, 2.24) is 4.98 Å². The molecule has 0 N–H and O–H groups in total. The Morgan fingerprint density at radius 3 is 2.79 bits per heavy atom. The van der Waals surface area contributed by atoms with Crippen molar-refractivity contribution in [1.29, 1.82) is 0 Å². The van der Waals surface area contributed by atoms with Gasteiger partial charge in [-0.15, -0.1) is 11.6 Å². The van der Waals surface area contributed by atoms with Gasteiger partial charge in [0, 0.05) is 22.0 Å². The molecule has 0 amide bonds. The lowest BCUT2D eigenvalue weighted by Gasteiger charge is -2.04. The topological polar surface area (TPSA) is 12.9 Å². The number of fused-ring (bicyclic) bond motifs is 1. The van der Waals surface area contributed by atoms with E-state index in [-0.39, 0.29) is 0 Å². The molecule has 0 atom stereocenters. The Morgan fingerprint density at radius 1 is 1.29 bits per heavy atom. The summed E-state index contributed by atoms with van der Waals surface area (Å²) in [6.07, 6.45) is 0. The summed E-state index contributed by atoms with van der Waals surface area (Å²) in [5.41, 5.74) is 2.98. The van der Waals surface area contributed by atoms with Gasteiger partial charge in [-0.3, -0.25) is 4.98 Å². The lowest BCUT2D eigenvalue weighted by atomic mass is 10.1. The average molecular weight is 226 g/mol. The SMILES string of the molecule is Cc1cc(CCl)c2ccc(Cl)cc2n1. The zero-order valence-electron chi connectivity index (χ0n) is 7.72. The van der Waals surface area contributed by atoms with Gasteiger partial charge in [-0.1, -0.05) is 17.7 Å². The van der Waals surface area contributed by atoms with E-state index >= 15 is 0 Å². The number of pyridine rings is 1. The lowest BCUT2D eigenvalue weighted by Crippen LogP contribution is -1.89. The summed E-state index contributed by atoms with van der Waals surface area (Å²) in [6, 6.07) is 7.68. The smallest absolute Gasteiger partial charge is 0.0723 e. The molecule has 0 unspecified atom stereocenters. The second kappa shape index (κ2) is 3.76. The van der Waals surface area contributed by atoms with E-state index in [2.05, 4.69) is 4.98 Å². The molecular weight excluding hydrogens is 217 g/mol. The molecule has 1 aromatic heterocycles. The van der Waals surface area contributed by atoms with E-state index in [1.54, 1.807) is 0 Å². The number of aromatic nitrogens is 1. The van der Waals surface area contributed by atoms with Gasteiger partial charge in [0.05, 0.1) is 5.52 Å². The lowest BCUT2D eigenvalue weighted by molar-refractivity contribution is 1.22. The monoisotopic (exact) mass is 225 g/mol. The third-order valence-electron chi connectivity index (χ3n) is 2.13. The highest BCUT2D eigenvalue weighted by molar-refractivity contribution is 6.31. The van der Waals surface area contributed by atoms with E-state index in [9.17, 15) is 0 Å². The van der Waals surface area contributed by atoms with E-state index in [1.165, 1.54) is 0 Å². The van der Waals surface area contributed by atoms with E-state index in [0.717, 1.165) is 22.2 Å². The van der Waals surface area contributed by atoms with Gasteiger partial charge in [0.25, 0.3) is 0 Å². The normalized spacial score (nSPS) is 10.8. The van der Waals surface area contributed by atoms with Crippen LogP contribution in [0.15, 0.2) is 24.3 Å². The maximum absolute atomic E-state index is 5.89. The summed E-state index contributed by atoms with van der Waals surface area (Å²) in [7, 11) is 0. The van der Waals surface area contributed by atoms with Crippen LogP contribution in [0.3, 0.4) is 0 Å². The van der Waals surface area contributed by atoms with Crippen molar-refractivity contribution < 1.29 is 0 Å². The first kappa shape index (κ1) is 9.75. The molecule has 0 radical (unpaired) electrons. The predicted molar refractivity (Wildman–Crippen MR) is 61.0 cm³/mol. The molecule has 14 heavy (non-hydrogen) atoms. The minimum Gasteiger partial charge on any atom is -0.253 e. The van der Waals surface area contributed by atoms with Gasteiger partial charge in [0.15, 0.2) is 0 Å². The average Bonchev–Trinajstić information content (AvgIpc) is 2.15. The molecule has 1 heterocycles. The van der Waals surface area contributed by atoms with Crippen molar-refractivity contribution in [3.8, 4) is 0 Å². The fourth-order valence-electron chi connectivity index (χ4n) is 1.53. The highest BCUT2D eigenvalue weighted by Gasteiger charge is 2.03. The van der Waals surface area contributed by atoms with Crippen molar-refractivity contribution in [3.63, 3.8) is 0 Å². The number of hydrogen-bond acceptors (Lipinski definition) is 1. The van der Waals surface area contributed by atoms with E-state index in [4.69, 9.17) is 23.2 Å². The number of halogens is 2. The highest BCUT2D eigenvalue weighted by atomic mass is 35.5. The zero-order valence-corrected chi connectivity index (χ0v) is 9.23. The molecule has 1 nitrogen and oxygen atoms in total. The number of aryl methyl sites for hydroxylation is 1. The van der Waals surface area contributed by atoms with Crippen LogP contribution in [0.2, 0.25) is 5.02 Å². The largest absolute Gasteiger partial charge is 0.253 e. The molecule has 3 heteroatoms. The summed E-state index contributed by atoms with van der Waals surface area (Å²) < 4.78 is 0. The standard InChI is InChI=1S/C11H9Cl2N/c1-7-4-8(6-12)10-3-2-9(13)5-11(10)14-7/h2-5H,6H2,1H3. The minimum atomic E-state index is 0.501. The fourth-order valence-corrected chi connectivity index (χ4v) is 1.92. The van der Waals surface area contributed by atoms with Crippen LogP contribution in [-0.4, -0.2) is 4.98 Å². The third kappa shape index (κ3) is 1.70. The van der Waals surface area contributed by atoms with Gasteiger partial charge in [-0.25, -0.2) is 0 Å². The van der Waals surface area contributed by atoms with Crippen LogP contribution in [0.5, 0.6) is 0 Å². The number of alkyl halides is 1. The van der Waals surface area contributed by atoms with E-state index in [1.807, 2.05) is 31.2 Å². The maximum Gasteiger partial charge on any atom is 0.0723 e. The first-order chi connectivity index (χ1) is 6.70. The van der Waals surface area contributed by atoms with Gasteiger partial charge < -0.3 is 0 Å². The molecule has 72 valence electrons. The third-order valence-corrected chi connectivity index (χ3v) is 2.65. The molecule has 0 fully saturated rings. The van der Waals surface area contributed by atoms with Gasteiger partial charge in [0.2, 0.25) is 0 Å². The molecule has 0 aliphatic rings. The summed E-state index contributed by atoms with van der Waals surface area (Å²) in [5, 5.41) is 1.78. The van der Waals surface area contributed by atoms with Crippen molar-refractivity contribution in [3.05, 3.63) is 40.5 Å². The fraction of sp³-hybridized carbons (Fsp3) is 0.182. The predicted octanol–water partition coefficient (Wildman–Crippen LogP) is 3.94. The van der Waals surface area contributed by atoms with Crippen LogP contribution in [0.25, 0.3) is 10.9 Å². The molecular formula is C11H9Cl2N. The van der Waals surface area contributed by atoms with Crippen molar-refractivity contribution in [2.45, 2.75) is 12.8 Å². The molecule has 0 spiro atoms. The Morgan fingerprint density at radius 2 is 2.07 bits per heavy atom. The maximum atomic E-state index is 5.89. The van der Waals surface area contributed by atoms with Gasteiger partial charge in [0.1, 0.15) is 0 Å². The number of nitrogens with zero attached hydrogens (tertiary/aromatic N) is 1. The van der Waals surface area contributed by atoms with Crippen LogP contribution < -0.4 is 0 Å². The van der Waals surface area contributed by atoms with Crippen LogP contribution in [0.4, 0.5) is 0 Å². The Bertz CT molecular complexity index is 475. The molecule has 2 rings (SSSR count). The minimum absolute atomic E-state index is 0.501. The van der Waals surface area contributed by atoms with Crippen molar-refractivity contribution in [2.75, 3.05) is 0 Å². The first-order valence-electron chi connectivity index (χ1n) is 4.32. The summed E-state index contributed by atoms with van der Waals surface area (Å²) in [6.45, 7) is 1.95. The Balaban J connectivity index is 2.81. The number of rotatable bonds is 1. The molecule has 2 aromatic rings. The summed E-state index contributed by atoms with van der Waals surface area (Å²) in [4.78, 5) is 4.40. The molecule has 0 saturated heterocycles. The van der Waals surface area contributed by atoms with Crippen molar-refractivity contribution in [2.24, 2.45) is 0 Å². The van der Waals surface area contributed by atoms with E-state index < -0.39 is 0 Å². The van der Waals surface area contributed by atoms with Gasteiger partial charge in [-0.05, 0) is 30.7 Å². The molecule has 0 bridgehead atoms. The molecule has 1 aromatic carbocycles. The molecule has 0 saturated carbocycles. The Hall–Kier alpha value is -0.790. The van der Waals surface area contributed by atoms with Crippen LogP contribution in [-0.2, 0) is 5.88 Å². The van der Waals surface area contributed by atoms with Gasteiger partial charge in [-0.2, -0.15) is 0 Å². The van der Waals surface area contributed by atoms with Crippen LogP contribution in [0, 0.1) is 6.92 Å². The van der Waals surface area contributed by atoms with E-state index in [0.29, 0.717) is 10.9 Å². The quantitative estimate of drug-likeness (QED) is 0.671. The first-order valence-corrected chi connectivity index (χ1v) is 5.23. The number of hydrogen-bond donors (Lipinski definition) is 0. The molecule has 0 aliphatic carbocycles. The second-order valence-corrected chi connectivity index (χ2v) is 3.92. The molecule has 0 aliphatic heterocycles. The number of benzene rings is 1. The Labute approximate surface area is 92.7 Å². The van der Waals surface area contributed by atoms with Crippen LogP contribution in [0.1, 0.15) is 11.3 Å². The van der Waals surface area contributed by atoms with Gasteiger partial charge >= 0.3 is 0 Å².